The van der Waals surface area contributed by atoms with Crippen molar-refractivity contribution in [3.8, 4) is 0 Å². The maximum atomic E-state index is 14.1. The molecular formula is C46H84N6O7. The second-order valence-corrected chi connectivity index (χ2v) is 18.8. The normalized spacial score (nSPS) is 30.7. The standard InChI is InChI=1S/C46H84N6O7/c1-3-39-23-17-18-27-44(59-39)34-37-25-29-46(56)41(45(28-20-22-36(2)58-45)50-43(49-44)52(37)46)42(55)57-33-19-15-13-11-9-7-5-4-6-8-10-12-14-16-24-40(54)51(32-21-30-47)35-38(53)26-31-48/h36-39,41,53,56H,3-35,47-48H2,1-2H3,(H,49,50)/t36-,37+,38-,39+,41-,44+,45-,46+/m0/s1. The third-order valence-electron chi connectivity index (χ3n) is 13.9. The summed E-state index contributed by atoms with van der Waals surface area (Å²) in [6, 6.07) is 0.0445. The van der Waals surface area contributed by atoms with Crippen molar-refractivity contribution in [1.82, 2.24) is 15.1 Å². The Labute approximate surface area is 356 Å². The molecule has 5 aliphatic rings. The zero-order chi connectivity index (χ0) is 42.1. The molecule has 59 heavy (non-hydrogen) atoms. The first-order valence-corrected chi connectivity index (χ1v) is 24.4. The summed E-state index contributed by atoms with van der Waals surface area (Å²) in [5.41, 5.74) is 8.13. The second kappa shape index (κ2) is 24.0. The van der Waals surface area contributed by atoms with Gasteiger partial charge in [-0.2, -0.15) is 0 Å². The number of rotatable bonds is 26. The first kappa shape index (κ1) is 48.0. The molecule has 2 spiro atoms. The zero-order valence-electron chi connectivity index (χ0n) is 37.2. The highest BCUT2D eigenvalue weighted by Gasteiger charge is 2.69. The Bertz CT molecular complexity index is 1310. The molecule has 0 aromatic carbocycles. The van der Waals surface area contributed by atoms with Gasteiger partial charge in [0.15, 0.2) is 17.4 Å². The molecule has 8 atom stereocenters. The molecule has 0 bridgehead atoms. The van der Waals surface area contributed by atoms with Crippen molar-refractivity contribution in [3.05, 3.63) is 0 Å². The SMILES string of the molecule is CC[C@@H]1CCCC[C@]2(C[C@H]3CC[C@@]4(O)[C@@H](C(=O)OCCCCCCCCCCCCCCCCC(=O)N(CCCN)C[C@@H](O)CCN)[C@@]5(CCC[C@H](C)O5)N=C(N2)N34)O1. The van der Waals surface area contributed by atoms with E-state index < -0.39 is 29.2 Å². The largest absolute Gasteiger partial charge is 0.465 e. The molecule has 0 aliphatic carbocycles. The minimum absolute atomic E-state index is 0.0445. The number of ether oxygens (including phenoxy) is 3. The van der Waals surface area contributed by atoms with E-state index in [1.165, 1.54) is 51.4 Å². The third kappa shape index (κ3) is 13.2. The van der Waals surface area contributed by atoms with Crippen molar-refractivity contribution in [2.24, 2.45) is 22.4 Å². The number of hydrogen-bond donors (Lipinski definition) is 5. The van der Waals surface area contributed by atoms with Gasteiger partial charge in [0.1, 0.15) is 5.72 Å². The minimum Gasteiger partial charge on any atom is -0.465 e. The van der Waals surface area contributed by atoms with E-state index in [-0.39, 0.29) is 30.1 Å². The molecule has 5 heterocycles. The van der Waals surface area contributed by atoms with Crippen LogP contribution >= 0.6 is 0 Å². The summed E-state index contributed by atoms with van der Waals surface area (Å²) in [6.45, 7) is 6.50. The van der Waals surface area contributed by atoms with E-state index in [0.717, 1.165) is 103 Å². The molecule has 0 aromatic heterocycles. The maximum absolute atomic E-state index is 14.1. The fraction of sp³-hybridized carbons (Fsp3) is 0.935. The molecule has 13 nitrogen and oxygen atoms in total. The fourth-order valence-corrected chi connectivity index (χ4v) is 10.7. The lowest BCUT2D eigenvalue weighted by Gasteiger charge is -2.58. The number of carbonyl (C=O) groups is 2. The number of unbranched alkanes of at least 4 members (excludes halogenated alkanes) is 13. The Morgan fingerprint density at radius 2 is 1.56 bits per heavy atom. The van der Waals surface area contributed by atoms with Crippen LogP contribution in [0.4, 0.5) is 0 Å². The van der Waals surface area contributed by atoms with Gasteiger partial charge in [0.2, 0.25) is 11.9 Å². The predicted molar refractivity (Wildman–Crippen MR) is 232 cm³/mol. The molecule has 0 unspecified atom stereocenters. The molecule has 0 saturated carbocycles. The van der Waals surface area contributed by atoms with Gasteiger partial charge in [0.05, 0.1) is 24.9 Å². The van der Waals surface area contributed by atoms with Crippen molar-refractivity contribution in [1.29, 1.82) is 0 Å². The number of aliphatic hydroxyl groups is 2. The average molecular weight is 833 g/mol. The van der Waals surface area contributed by atoms with Gasteiger partial charge in [0, 0.05) is 32.0 Å². The maximum Gasteiger partial charge on any atom is 0.318 e. The fourth-order valence-electron chi connectivity index (χ4n) is 10.7. The first-order valence-electron chi connectivity index (χ1n) is 24.4. The lowest BCUT2D eigenvalue weighted by atomic mass is 9.78. The molecule has 5 rings (SSSR count). The van der Waals surface area contributed by atoms with E-state index in [0.29, 0.717) is 64.4 Å². The van der Waals surface area contributed by atoms with Crippen LogP contribution in [0.5, 0.6) is 0 Å². The number of nitrogens with zero attached hydrogens (tertiary/aromatic N) is 3. The Hall–Kier alpha value is -2.03. The van der Waals surface area contributed by atoms with Crippen molar-refractivity contribution >= 4 is 17.8 Å². The van der Waals surface area contributed by atoms with Crippen molar-refractivity contribution < 1.29 is 34.0 Å². The van der Waals surface area contributed by atoms with E-state index in [9.17, 15) is 19.8 Å². The smallest absolute Gasteiger partial charge is 0.318 e. The van der Waals surface area contributed by atoms with Crippen LogP contribution in [0.2, 0.25) is 0 Å². The molecule has 7 N–H and O–H groups in total. The predicted octanol–water partition coefficient (Wildman–Crippen LogP) is 6.75. The summed E-state index contributed by atoms with van der Waals surface area (Å²) >= 11 is 0. The lowest BCUT2D eigenvalue weighted by Crippen LogP contribution is -2.75. The van der Waals surface area contributed by atoms with Crippen LogP contribution in [0.25, 0.3) is 0 Å². The van der Waals surface area contributed by atoms with Gasteiger partial charge < -0.3 is 51.0 Å². The third-order valence-corrected chi connectivity index (χ3v) is 13.9. The number of esters is 1. The Morgan fingerprint density at radius 1 is 0.881 bits per heavy atom. The van der Waals surface area contributed by atoms with Crippen molar-refractivity contribution in [2.45, 2.75) is 235 Å². The van der Waals surface area contributed by atoms with Gasteiger partial charge >= 0.3 is 5.97 Å². The van der Waals surface area contributed by atoms with Crippen LogP contribution < -0.4 is 16.8 Å². The Balaban J connectivity index is 0.946. The zero-order valence-corrected chi connectivity index (χ0v) is 37.2. The number of guanidine groups is 1. The summed E-state index contributed by atoms with van der Waals surface area (Å²) in [4.78, 5) is 35.8. The summed E-state index contributed by atoms with van der Waals surface area (Å²) in [6.07, 6.45) is 27.1. The van der Waals surface area contributed by atoms with E-state index in [4.69, 9.17) is 30.7 Å². The number of nitrogens with one attached hydrogen (secondary N) is 1. The summed E-state index contributed by atoms with van der Waals surface area (Å²) in [5.74, 6) is -0.527. The minimum atomic E-state index is -1.41. The molecule has 1 amide bonds. The molecule has 13 heteroatoms. The number of carbonyl (C=O) groups excluding carboxylic acids is 2. The topological polar surface area (TPSA) is 185 Å². The van der Waals surface area contributed by atoms with Crippen LogP contribution in [0, 0.1) is 5.92 Å². The number of aliphatic hydroxyl groups excluding tert-OH is 1. The van der Waals surface area contributed by atoms with E-state index in [1.807, 2.05) is 11.8 Å². The highest BCUT2D eigenvalue weighted by Crippen LogP contribution is 2.54. The van der Waals surface area contributed by atoms with Crippen LogP contribution in [0.15, 0.2) is 4.99 Å². The number of nitrogens with two attached hydrogens (primary N) is 2. The van der Waals surface area contributed by atoms with Gasteiger partial charge in [-0.3, -0.25) is 9.59 Å². The van der Waals surface area contributed by atoms with Gasteiger partial charge in [-0.1, -0.05) is 90.4 Å². The quantitative estimate of drug-likeness (QED) is 0.0459. The highest BCUT2D eigenvalue weighted by atomic mass is 16.6. The van der Waals surface area contributed by atoms with E-state index in [2.05, 4.69) is 12.2 Å². The molecular weight excluding hydrogens is 749 g/mol. The van der Waals surface area contributed by atoms with Gasteiger partial charge in [0.25, 0.3) is 0 Å². The molecule has 4 saturated heterocycles. The first-order chi connectivity index (χ1) is 28.6. The molecule has 0 aromatic rings. The van der Waals surface area contributed by atoms with E-state index >= 15 is 0 Å². The van der Waals surface area contributed by atoms with Crippen LogP contribution in [-0.4, -0.2) is 112 Å². The number of aliphatic imine (C=N–C) groups is 1. The second-order valence-electron chi connectivity index (χ2n) is 18.8. The van der Waals surface area contributed by atoms with Crippen LogP contribution in [-0.2, 0) is 23.8 Å². The summed E-state index contributed by atoms with van der Waals surface area (Å²) < 4.78 is 19.5. The molecule has 5 aliphatic heterocycles. The van der Waals surface area contributed by atoms with Crippen LogP contribution in [0.1, 0.15) is 194 Å². The van der Waals surface area contributed by atoms with Crippen molar-refractivity contribution in [2.75, 3.05) is 32.8 Å². The molecule has 4 fully saturated rings. The van der Waals surface area contributed by atoms with Gasteiger partial charge in [-0.05, 0) is 103 Å². The van der Waals surface area contributed by atoms with Gasteiger partial charge in [-0.15, -0.1) is 0 Å². The summed E-state index contributed by atoms with van der Waals surface area (Å²) in [7, 11) is 0. The monoisotopic (exact) mass is 833 g/mol. The molecule has 0 radical (unpaired) electrons. The Kier molecular flexibility index (Phi) is 19.5. The average Bonchev–Trinajstić information content (AvgIpc) is 3.41. The summed E-state index contributed by atoms with van der Waals surface area (Å²) in [5, 5.41) is 26.4. The van der Waals surface area contributed by atoms with Gasteiger partial charge in [-0.25, -0.2) is 4.99 Å². The highest BCUT2D eigenvalue weighted by molar-refractivity contribution is 5.87. The lowest BCUT2D eigenvalue weighted by molar-refractivity contribution is -0.244. The van der Waals surface area contributed by atoms with Crippen molar-refractivity contribution in [3.63, 3.8) is 0 Å². The Morgan fingerprint density at radius 3 is 2.20 bits per heavy atom. The number of hydrogen-bond acceptors (Lipinski definition) is 12. The van der Waals surface area contributed by atoms with Crippen LogP contribution in [0.3, 0.4) is 0 Å². The molecule has 340 valence electrons. The number of amides is 1. The van der Waals surface area contributed by atoms with E-state index in [1.54, 1.807) is 4.90 Å².